The third kappa shape index (κ3) is 5.52. The van der Waals surface area contributed by atoms with E-state index in [0.29, 0.717) is 17.7 Å². The van der Waals surface area contributed by atoms with Crippen molar-refractivity contribution in [1.82, 2.24) is 9.97 Å². The van der Waals surface area contributed by atoms with Crippen molar-refractivity contribution in [3.63, 3.8) is 0 Å². The molecule has 1 saturated carbocycles. The van der Waals surface area contributed by atoms with Gasteiger partial charge in [-0.05, 0) is 72.3 Å². The van der Waals surface area contributed by atoms with Crippen molar-refractivity contribution in [1.29, 1.82) is 0 Å². The first-order valence-electron chi connectivity index (χ1n) is 11.2. The van der Waals surface area contributed by atoms with E-state index in [-0.39, 0.29) is 28.5 Å². The van der Waals surface area contributed by atoms with Crippen molar-refractivity contribution in [2.24, 2.45) is 11.7 Å². The first-order chi connectivity index (χ1) is 16.6. The van der Waals surface area contributed by atoms with Crippen molar-refractivity contribution in [2.45, 2.75) is 44.6 Å². The molecule has 4 rings (SSSR count). The molecule has 2 aromatic heterocycles. The van der Waals surface area contributed by atoms with E-state index < -0.39 is 35.2 Å². The maximum absolute atomic E-state index is 14.7. The number of hydrogen-bond donors (Lipinski definition) is 2. The molecule has 35 heavy (non-hydrogen) atoms. The maximum Gasteiger partial charge on any atom is 0.274 e. The van der Waals surface area contributed by atoms with Gasteiger partial charge in [0.1, 0.15) is 23.0 Å². The Kier molecular flexibility index (Phi) is 7.47. The number of nitrogens with two attached hydrogens (primary N) is 1. The average molecular weight is 504 g/mol. The molecule has 1 aliphatic carbocycles. The van der Waals surface area contributed by atoms with Crippen LogP contribution >= 0.6 is 9.24 Å². The van der Waals surface area contributed by atoms with Crippen LogP contribution in [0.1, 0.15) is 60.1 Å². The van der Waals surface area contributed by atoms with E-state index in [4.69, 9.17) is 5.73 Å². The molecule has 184 valence electrons. The van der Waals surface area contributed by atoms with Gasteiger partial charge in [0.15, 0.2) is 0 Å². The lowest BCUT2D eigenvalue weighted by atomic mass is 9.76. The first kappa shape index (κ1) is 25.2. The summed E-state index contributed by atoms with van der Waals surface area (Å²) < 4.78 is 55.3. The number of amides is 1. The molecular weight excluding hydrogens is 479 g/mol. The number of pyridine rings is 2. The van der Waals surface area contributed by atoms with Crippen molar-refractivity contribution in [3.8, 4) is 11.3 Å². The molecule has 4 atom stereocenters. The summed E-state index contributed by atoms with van der Waals surface area (Å²) in [5, 5.41) is 2.78. The third-order valence-electron chi connectivity index (χ3n) is 6.23. The Morgan fingerprint density at radius 3 is 2.60 bits per heavy atom. The predicted molar refractivity (Wildman–Crippen MR) is 130 cm³/mol. The zero-order chi connectivity index (χ0) is 25.3. The van der Waals surface area contributed by atoms with Gasteiger partial charge in [-0.25, -0.2) is 22.5 Å². The Balaban J connectivity index is 1.64. The summed E-state index contributed by atoms with van der Waals surface area (Å²) in [5.74, 6) is -2.00. The van der Waals surface area contributed by atoms with Gasteiger partial charge >= 0.3 is 0 Å². The summed E-state index contributed by atoms with van der Waals surface area (Å²) in [6.07, 6.45) is 2.94. The molecule has 0 saturated heterocycles. The number of carbonyl (C=O) groups excluding carboxylic acids is 1. The number of nitrogens with one attached hydrogen (secondary N) is 1. The number of benzene rings is 1. The minimum atomic E-state index is -2.89. The van der Waals surface area contributed by atoms with Crippen LogP contribution in [-0.2, 0) is 0 Å². The molecule has 1 aromatic carbocycles. The molecule has 0 spiro atoms. The summed E-state index contributed by atoms with van der Waals surface area (Å²) in [6.45, 7) is 2.14. The topological polar surface area (TPSA) is 80.9 Å². The predicted octanol–water partition coefficient (Wildman–Crippen LogP) is 5.34. The zero-order valence-electron chi connectivity index (χ0n) is 18.9. The summed E-state index contributed by atoms with van der Waals surface area (Å²) in [6, 6.07) is 5.76. The van der Waals surface area contributed by atoms with Gasteiger partial charge < -0.3 is 11.1 Å². The lowest BCUT2D eigenvalue weighted by Gasteiger charge is -2.32. The van der Waals surface area contributed by atoms with Crippen molar-refractivity contribution in [2.75, 3.05) is 5.32 Å². The van der Waals surface area contributed by atoms with Gasteiger partial charge in [0.25, 0.3) is 12.3 Å². The highest BCUT2D eigenvalue weighted by molar-refractivity contribution is 7.28. The van der Waals surface area contributed by atoms with Crippen LogP contribution in [0.25, 0.3) is 11.3 Å². The van der Waals surface area contributed by atoms with Gasteiger partial charge in [-0.2, -0.15) is 0 Å². The van der Waals surface area contributed by atoms with Crippen LogP contribution in [-0.4, -0.2) is 21.9 Å². The van der Waals surface area contributed by atoms with Gasteiger partial charge in [-0.1, -0.05) is 6.92 Å². The Bertz CT molecular complexity index is 1220. The highest BCUT2D eigenvalue weighted by Gasteiger charge is 2.28. The summed E-state index contributed by atoms with van der Waals surface area (Å²) in [7, 11) is 2.11. The minimum absolute atomic E-state index is 0.00145. The second-order valence-electron chi connectivity index (χ2n) is 8.98. The molecule has 0 aliphatic heterocycles. The van der Waals surface area contributed by atoms with E-state index in [1.165, 1.54) is 12.3 Å². The second kappa shape index (κ2) is 10.4. The average Bonchev–Trinajstić information content (AvgIpc) is 2.79. The van der Waals surface area contributed by atoms with Crippen molar-refractivity contribution in [3.05, 3.63) is 71.2 Å². The van der Waals surface area contributed by atoms with Crippen LogP contribution in [0.5, 0.6) is 0 Å². The smallest absolute Gasteiger partial charge is 0.274 e. The maximum atomic E-state index is 14.7. The van der Waals surface area contributed by atoms with Gasteiger partial charge in [0.05, 0.1) is 11.9 Å². The fraction of sp³-hybridized carbons (Fsp3) is 0.320. The number of nitrogens with zero attached hydrogens (tertiary/aromatic N) is 2. The van der Waals surface area contributed by atoms with E-state index in [9.17, 15) is 22.4 Å². The molecule has 3 N–H and O–H groups in total. The number of alkyl halides is 2. The van der Waals surface area contributed by atoms with Gasteiger partial charge in [-0.3, -0.25) is 9.78 Å². The first-order valence-corrected chi connectivity index (χ1v) is 11.8. The highest BCUT2D eigenvalue weighted by Crippen LogP contribution is 2.38. The monoisotopic (exact) mass is 504 g/mol. The second-order valence-corrected chi connectivity index (χ2v) is 9.60. The van der Waals surface area contributed by atoms with Gasteiger partial charge in [-0.15, -0.1) is 9.24 Å². The number of carbonyl (C=O) groups is 1. The lowest BCUT2D eigenvalue weighted by Crippen LogP contribution is -2.31. The third-order valence-corrected chi connectivity index (χ3v) is 6.69. The molecule has 0 radical (unpaired) electrons. The number of hydrogen-bond acceptors (Lipinski definition) is 4. The van der Waals surface area contributed by atoms with Crippen LogP contribution in [0.2, 0.25) is 0 Å². The van der Waals surface area contributed by atoms with Crippen LogP contribution in [0.4, 0.5) is 23.2 Å². The quantitative estimate of drug-likeness (QED) is 0.363. The molecule has 0 bridgehead atoms. The molecule has 5 nitrogen and oxygen atoms in total. The fourth-order valence-corrected chi connectivity index (χ4v) is 5.20. The van der Waals surface area contributed by atoms with E-state index in [0.717, 1.165) is 37.0 Å². The van der Waals surface area contributed by atoms with Crippen LogP contribution < -0.4 is 16.4 Å². The number of rotatable bonds is 5. The molecule has 1 amide bonds. The molecule has 3 aromatic rings. The summed E-state index contributed by atoms with van der Waals surface area (Å²) in [5.41, 5.74) is 6.16. The Labute approximate surface area is 202 Å². The Morgan fingerprint density at radius 1 is 1.14 bits per heavy atom. The van der Waals surface area contributed by atoms with Gasteiger partial charge in [0.2, 0.25) is 0 Å². The van der Waals surface area contributed by atoms with Crippen molar-refractivity contribution >= 4 is 26.1 Å². The Hall–Kier alpha value is -2.90. The van der Waals surface area contributed by atoms with E-state index in [1.54, 1.807) is 6.20 Å². The van der Waals surface area contributed by atoms with Crippen LogP contribution in [0.3, 0.4) is 0 Å². The highest BCUT2D eigenvalue weighted by atomic mass is 31.0. The van der Waals surface area contributed by atoms with Crippen molar-refractivity contribution < 1.29 is 22.4 Å². The molecule has 1 aliphatic rings. The summed E-state index contributed by atoms with van der Waals surface area (Å²) in [4.78, 5) is 21.2. The molecular formula is C25H25F4N4OP. The molecule has 10 heteroatoms. The lowest BCUT2D eigenvalue weighted by molar-refractivity contribution is 0.102. The van der Waals surface area contributed by atoms with Crippen LogP contribution in [0, 0.1) is 17.6 Å². The van der Waals surface area contributed by atoms with Gasteiger partial charge in [0, 0.05) is 23.4 Å². The fourth-order valence-electron chi connectivity index (χ4n) is 4.73. The molecule has 1 fully saturated rings. The normalized spacial score (nSPS) is 20.2. The number of aromatic nitrogens is 2. The van der Waals surface area contributed by atoms with E-state index in [1.807, 2.05) is 6.07 Å². The molecule has 2 heterocycles. The standard InChI is InChI=1S/C25H25F4N4OP/c1-12-6-13(8-15(30)7-12)16-4-5-31-11-20(16)33-25(34)19-3-2-17(26)23(32-19)22-18(27)9-14(24(28)29)10-21(22)35/h2-5,9-13,15,24H,6-8,30,35H2,1H3,(H,33,34)/t12-,13+,15?/m0/s1. The Morgan fingerprint density at radius 2 is 1.91 bits per heavy atom. The SMILES string of the molecule is C[C@@H]1CC(N)C[C@H](c2ccncc2NC(=O)c2ccc(F)c(-c3c(F)cc(C(F)F)cc3P)n2)C1. The largest absolute Gasteiger partial charge is 0.328 e. The van der Waals surface area contributed by atoms with E-state index >= 15 is 0 Å². The van der Waals surface area contributed by atoms with E-state index in [2.05, 4.69) is 31.4 Å². The van der Waals surface area contributed by atoms with Crippen LogP contribution in [0.15, 0.2) is 42.7 Å². The number of halogens is 4. The summed E-state index contributed by atoms with van der Waals surface area (Å²) >= 11 is 0. The zero-order valence-corrected chi connectivity index (χ0v) is 20.1. The molecule has 2 unspecified atom stereocenters. The minimum Gasteiger partial charge on any atom is -0.328 e. The number of anilines is 1.